The Morgan fingerprint density at radius 3 is 1.93 bits per heavy atom. The Bertz CT molecular complexity index is 459. The Morgan fingerprint density at radius 2 is 1.52 bits per heavy atom. The first kappa shape index (κ1) is 24.5. The maximum Gasteiger partial charge on any atom is 0.458 e. The fourth-order valence-corrected chi connectivity index (χ4v) is 4.04. The van der Waals surface area contributed by atoms with Gasteiger partial charge in [0.05, 0.1) is 11.2 Å². The highest BCUT2D eigenvalue weighted by Gasteiger charge is 2.51. The number of unbranched alkanes of at least 4 members (excludes halogenated alkanes) is 1. The van der Waals surface area contributed by atoms with E-state index in [9.17, 15) is 0 Å². The standard InChI is InChI=1S/C22H45BN2O2/c1-11-13-15-18(16-23-26-21(5,6)22(7,8)27-23)19(14-12-2)20(17(3)4)24-25(9)10/h17-19H,11-16H2,1-10H3/b24-20+/t18-,19-/m1/s1. The lowest BCUT2D eigenvalue weighted by Crippen LogP contribution is -2.41. The smallest absolute Gasteiger partial charge is 0.403 e. The van der Waals surface area contributed by atoms with Crippen LogP contribution in [0.4, 0.5) is 0 Å². The van der Waals surface area contributed by atoms with Crippen LogP contribution in [-0.4, -0.2) is 43.1 Å². The van der Waals surface area contributed by atoms with Gasteiger partial charge in [0.1, 0.15) is 0 Å². The number of rotatable bonds is 11. The van der Waals surface area contributed by atoms with Gasteiger partial charge in [0, 0.05) is 25.7 Å². The van der Waals surface area contributed by atoms with Crippen molar-refractivity contribution >= 4 is 12.8 Å². The van der Waals surface area contributed by atoms with Crippen LogP contribution < -0.4 is 0 Å². The van der Waals surface area contributed by atoms with Crippen molar-refractivity contribution in [2.45, 2.75) is 105 Å². The van der Waals surface area contributed by atoms with Crippen LogP contribution in [-0.2, 0) is 9.31 Å². The largest absolute Gasteiger partial charge is 0.458 e. The van der Waals surface area contributed by atoms with Gasteiger partial charge in [-0.3, -0.25) is 0 Å². The number of hydrogen-bond donors (Lipinski definition) is 0. The normalized spacial score (nSPS) is 21.6. The van der Waals surface area contributed by atoms with Gasteiger partial charge in [-0.25, -0.2) is 0 Å². The average molecular weight is 380 g/mol. The summed E-state index contributed by atoms with van der Waals surface area (Å²) in [7, 11) is 3.94. The lowest BCUT2D eigenvalue weighted by Gasteiger charge is -2.32. The first-order valence-electron chi connectivity index (χ1n) is 11.1. The van der Waals surface area contributed by atoms with Crippen LogP contribution in [0, 0.1) is 17.8 Å². The second-order valence-corrected chi connectivity index (χ2v) is 9.75. The Labute approximate surface area is 169 Å². The Hall–Kier alpha value is -0.545. The zero-order chi connectivity index (χ0) is 20.8. The molecule has 0 aromatic rings. The summed E-state index contributed by atoms with van der Waals surface area (Å²) in [6.45, 7) is 17.7. The zero-order valence-corrected chi connectivity index (χ0v) is 19.8. The SMILES string of the molecule is CCCC[C@H](CB1OC(C)(C)C(C)(C)O1)[C@@H](CCC)/C(=N/N(C)C)C(C)C. The molecule has 0 N–H and O–H groups in total. The summed E-state index contributed by atoms with van der Waals surface area (Å²) in [5.74, 6) is 1.48. The third kappa shape index (κ3) is 6.78. The molecule has 0 aromatic heterocycles. The monoisotopic (exact) mass is 380 g/mol. The van der Waals surface area contributed by atoms with Crippen LogP contribution in [0.25, 0.3) is 0 Å². The van der Waals surface area contributed by atoms with Gasteiger partial charge in [0.15, 0.2) is 0 Å². The summed E-state index contributed by atoms with van der Waals surface area (Å²) < 4.78 is 12.7. The highest BCUT2D eigenvalue weighted by atomic mass is 16.7. The van der Waals surface area contributed by atoms with Crippen molar-refractivity contribution in [3.05, 3.63) is 0 Å². The van der Waals surface area contributed by atoms with Gasteiger partial charge >= 0.3 is 7.12 Å². The van der Waals surface area contributed by atoms with E-state index in [2.05, 4.69) is 55.4 Å². The van der Waals surface area contributed by atoms with Gasteiger partial charge in [-0.15, -0.1) is 0 Å². The molecule has 1 saturated heterocycles. The van der Waals surface area contributed by atoms with Gasteiger partial charge in [-0.05, 0) is 52.3 Å². The molecule has 0 aromatic carbocycles. The summed E-state index contributed by atoms with van der Waals surface area (Å²) >= 11 is 0. The fourth-order valence-electron chi connectivity index (χ4n) is 4.04. The Balaban J connectivity index is 3.09. The fraction of sp³-hybridized carbons (Fsp3) is 0.955. The molecule has 4 nitrogen and oxygen atoms in total. The lowest BCUT2D eigenvalue weighted by molar-refractivity contribution is 0.00578. The molecule has 1 fully saturated rings. The Kier molecular flexibility index (Phi) is 9.34. The molecule has 2 atom stereocenters. The van der Waals surface area contributed by atoms with Gasteiger partial charge in [0.2, 0.25) is 0 Å². The number of hydrogen-bond acceptors (Lipinski definition) is 4. The molecule has 1 rings (SSSR count). The second kappa shape index (κ2) is 10.3. The molecule has 0 unspecified atom stereocenters. The van der Waals surface area contributed by atoms with E-state index in [0.29, 0.717) is 17.8 Å². The summed E-state index contributed by atoms with van der Waals surface area (Å²) in [6.07, 6.45) is 6.99. The zero-order valence-electron chi connectivity index (χ0n) is 19.8. The van der Waals surface area contributed by atoms with Crippen molar-refractivity contribution in [3.8, 4) is 0 Å². The lowest BCUT2D eigenvalue weighted by atomic mass is 9.67. The van der Waals surface area contributed by atoms with E-state index >= 15 is 0 Å². The van der Waals surface area contributed by atoms with E-state index in [1.165, 1.54) is 37.8 Å². The van der Waals surface area contributed by atoms with Crippen LogP contribution in [0.5, 0.6) is 0 Å². The molecule has 1 aliphatic rings. The molecule has 5 heteroatoms. The molecular formula is C22H45BN2O2. The van der Waals surface area contributed by atoms with Crippen molar-refractivity contribution in [1.82, 2.24) is 5.01 Å². The first-order chi connectivity index (χ1) is 12.4. The van der Waals surface area contributed by atoms with E-state index in [0.717, 1.165) is 6.32 Å². The molecule has 0 radical (unpaired) electrons. The van der Waals surface area contributed by atoms with E-state index in [4.69, 9.17) is 14.4 Å². The van der Waals surface area contributed by atoms with Gasteiger partial charge < -0.3 is 14.3 Å². The van der Waals surface area contributed by atoms with Gasteiger partial charge in [0.25, 0.3) is 0 Å². The minimum absolute atomic E-state index is 0.121. The molecule has 1 aliphatic heterocycles. The van der Waals surface area contributed by atoms with E-state index in [-0.39, 0.29) is 18.3 Å². The number of nitrogens with zero attached hydrogens (tertiary/aromatic N) is 2. The van der Waals surface area contributed by atoms with Crippen LogP contribution in [0.3, 0.4) is 0 Å². The van der Waals surface area contributed by atoms with Crippen molar-refractivity contribution in [3.63, 3.8) is 0 Å². The highest BCUT2D eigenvalue weighted by molar-refractivity contribution is 6.45. The van der Waals surface area contributed by atoms with Gasteiger partial charge in [-0.2, -0.15) is 5.10 Å². The topological polar surface area (TPSA) is 34.1 Å². The second-order valence-electron chi connectivity index (χ2n) is 9.75. The first-order valence-corrected chi connectivity index (χ1v) is 11.1. The molecular weight excluding hydrogens is 335 g/mol. The molecule has 0 aliphatic carbocycles. The maximum atomic E-state index is 6.35. The van der Waals surface area contributed by atoms with Crippen molar-refractivity contribution in [2.24, 2.45) is 22.9 Å². The van der Waals surface area contributed by atoms with Gasteiger partial charge in [-0.1, -0.05) is 53.4 Å². The molecule has 0 bridgehead atoms. The molecule has 0 spiro atoms. The minimum atomic E-state index is -0.258. The third-order valence-electron chi connectivity index (χ3n) is 6.18. The van der Waals surface area contributed by atoms with E-state index in [1.807, 2.05) is 19.1 Å². The molecule has 0 saturated carbocycles. The van der Waals surface area contributed by atoms with E-state index < -0.39 is 0 Å². The van der Waals surface area contributed by atoms with Crippen molar-refractivity contribution in [1.29, 1.82) is 0 Å². The molecule has 1 heterocycles. The predicted octanol–water partition coefficient (Wildman–Crippen LogP) is 5.87. The Morgan fingerprint density at radius 1 is 0.963 bits per heavy atom. The van der Waals surface area contributed by atoms with Crippen molar-refractivity contribution < 1.29 is 9.31 Å². The highest BCUT2D eigenvalue weighted by Crippen LogP contribution is 2.41. The van der Waals surface area contributed by atoms with Crippen LogP contribution in [0.15, 0.2) is 5.10 Å². The van der Waals surface area contributed by atoms with Crippen LogP contribution >= 0.6 is 0 Å². The predicted molar refractivity (Wildman–Crippen MR) is 118 cm³/mol. The summed E-state index contributed by atoms with van der Waals surface area (Å²) in [6, 6.07) is 0. The summed E-state index contributed by atoms with van der Waals surface area (Å²) in [5, 5.41) is 6.89. The van der Waals surface area contributed by atoms with Crippen LogP contribution in [0.2, 0.25) is 6.32 Å². The minimum Gasteiger partial charge on any atom is -0.403 e. The maximum absolute atomic E-state index is 6.35. The van der Waals surface area contributed by atoms with E-state index in [1.54, 1.807) is 0 Å². The number of hydrazone groups is 1. The van der Waals surface area contributed by atoms with Crippen LogP contribution in [0.1, 0.15) is 87.5 Å². The van der Waals surface area contributed by atoms with Crippen molar-refractivity contribution in [2.75, 3.05) is 14.1 Å². The molecule has 158 valence electrons. The average Bonchev–Trinajstić information content (AvgIpc) is 2.73. The summed E-state index contributed by atoms with van der Waals surface area (Å²) in [5.41, 5.74) is 0.817. The quantitative estimate of drug-likeness (QED) is 0.255. The third-order valence-corrected chi connectivity index (χ3v) is 6.18. The summed E-state index contributed by atoms with van der Waals surface area (Å²) in [4.78, 5) is 0. The molecule has 0 amide bonds. The molecule has 27 heavy (non-hydrogen) atoms.